The Morgan fingerprint density at radius 3 is 2.52 bits per heavy atom. The van der Waals surface area contributed by atoms with E-state index in [9.17, 15) is 19.5 Å². The second kappa shape index (κ2) is 9.35. The van der Waals surface area contributed by atoms with Gasteiger partial charge in [-0.15, -0.1) is 0 Å². The number of nitrogens with one attached hydrogen (secondary N) is 1. The molecule has 174 valence electrons. The third kappa shape index (κ3) is 4.50. The highest BCUT2D eigenvalue weighted by molar-refractivity contribution is 7.99. The summed E-state index contributed by atoms with van der Waals surface area (Å²) in [6.07, 6.45) is 2.04. The van der Waals surface area contributed by atoms with Gasteiger partial charge in [-0.3, -0.25) is 14.4 Å². The number of aryl methyl sites for hydroxylation is 1. The highest BCUT2D eigenvalue weighted by atomic mass is 32.2. The van der Waals surface area contributed by atoms with E-state index in [2.05, 4.69) is 5.32 Å². The van der Waals surface area contributed by atoms with Crippen LogP contribution < -0.4 is 21.1 Å². The summed E-state index contributed by atoms with van der Waals surface area (Å²) in [4.78, 5) is 40.8. The number of aromatic hydroxyl groups is 1. The van der Waals surface area contributed by atoms with Gasteiger partial charge >= 0.3 is 0 Å². The molecule has 9 heteroatoms. The normalized spacial score (nSPS) is 14.4. The number of carbonyl (C=O) groups is 1. The van der Waals surface area contributed by atoms with Crippen LogP contribution in [0.3, 0.4) is 0 Å². The van der Waals surface area contributed by atoms with Crippen LogP contribution in [0.25, 0.3) is 0 Å². The maximum absolute atomic E-state index is 12.7. The molecular weight excluding hydrogens is 442 g/mol. The number of rotatable bonds is 7. The van der Waals surface area contributed by atoms with Crippen LogP contribution in [-0.2, 0) is 0 Å². The van der Waals surface area contributed by atoms with E-state index in [1.54, 1.807) is 37.2 Å². The molecule has 2 N–H and O–H groups in total. The van der Waals surface area contributed by atoms with Crippen LogP contribution in [0.5, 0.6) is 5.75 Å². The lowest BCUT2D eigenvalue weighted by molar-refractivity contribution is 0.0824. The van der Waals surface area contributed by atoms with Crippen molar-refractivity contribution < 1.29 is 14.3 Å². The van der Waals surface area contributed by atoms with Gasteiger partial charge in [-0.05, 0) is 55.4 Å². The standard InChI is InChI=1S/C24H27N3O5S/c1-14-7-8-18(32-14)27(13-15-9-11-33-12-10-15)20-19(22(29)23(20)30)25-17-6-4-5-16(21(17)28)24(31)26(2)3/h4-8,15,25,28H,9-13H2,1-3H3. The van der Waals surface area contributed by atoms with Gasteiger partial charge in [0.15, 0.2) is 11.6 Å². The van der Waals surface area contributed by atoms with Crippen molar-refractivity contribution in [1.29, 1.82) is 0 Å². The number of amides is 1. The first-order chi connectivity index (χ1) is 15.8. The van der Waals surface area contributed by atoms with Crippen LogP contribution >= 0.6 is 11.8 Å². The van der Waals surface area contributed by atoms with Gasteiger partial charge in [-0.25, -0.2) is 0 Å². The molecule has 1 saturated heterocycles. The van der Waals surface area contributed by atoms with Gasteiger partial charge in [0.1, 0.15) is 17.1 Å². The Morgan fingerprint density at radius 1 is 1.15 bits per heavy atom. The second-order valence-electron chi connectivity index (χ2n) is 8.46. The lowest BCUT2D eigenvalue weighted by Crippen LogP contribution is -2.42. The summed E-state index contributed by atoms with van der Waals surface area (Å²) in [5, 5.41) is 13.6. The number of nitrogens with zero attached hydrogens (tertiary/aromatic N) is 2. The SMILES string of the molecule is Cc1ccc(N(CC2CCSCC2)c2c(Nc3cccc(C(=O)N(C)C)c3O)c(=O)c2=O)o1. The van der Waals surface area contributed by atoms with E-state index >= 15 is 0 Å². The predicted octanol–water partition coefficient (Wildman–Crippen LogP) is 3.62. The molecule has 0 bridgehead atoms. The first-order valence-corrected chi connectivity index (χ1v) is 12.0. The number of hydrogen-bond acceptors (Lipinski definition) is 8. The summed E-state index contributed by atoms with van der Waals surface area (Å²) in [6.45, 7) is 2.38. The minimum atomic E-state index is -0.666. The fraction of sp³-hybridized carbons (Fsp3) is 0.375. The molecule has 3 aromatic rings. The Hall–Kier alpha value is -3.20. The monoisotopic (exact) mass is 469 g/mol. The number of furan rings is 1. The second-order valence-corrected chi connectivity index (χ2v) is 9.68. The van der Waals surface area contributed by atoms with Gasteiger partial charge < -0.3 is 24.6 Å². The van der Waals surface area contributed by atoms with E-state index in [0.29, 0.717) is 24.1 Å². The van der Waals surface area contributed by atoms with Gasteiger partial charge in [0.05, 0.1) is 11.3 Å². The Balaban J connectivity index is 1.70. The van der Waals surface area contributed by atoms with Crippen molar-refractivity contribution in [1.82, 2.24) is 4.90 Å². The minimum absolute atomic E-state index is 0.0870. The molecule has 0 aliphatic carbocycles. The number of para-hydroxylation sites is 1. The maximum atomic E-state index is 12.7. The molecule has 0 unspecified atom stereocenters. The summed E-state index contributed by atoms with van der Waals surface area (Å²) < 4.78 is 5.82. The third-order valence-corrected chi connectivity index (χ3v) is 6.91. The summed E-state index contributed by atoms with van der Waals surface area (Å²) >= 11 is 1.92. The third-order valence-electron chi connectivity index (χ3n) is 5.86. The van der Waals surface area contributed by atoms with E-state index < -0.39 is 10.9 Å². The van der Waals surface area contributed by atoms with Gasteiger partial charge in [0.25, 0.3) is 16.8 Å². The Kier molecular flexibility index (Phi) is 6.51. The molecule has 0 spiro atoms. The zero-order valence-corrected chi connectivity index (χ0v) is 19.7. The largest absolute Gasteiger partial charge is 0.505 e. The van der Waals surface area contributed by atoms with Crippen LogP contribution in [0.2, 0.25) is 0 Å². The van der Waals surface area contributed by atoms with E-state index in [1.807, 2.05) is 24.8 Å². The van der Waals surface area contributed by atoms with Crippen molar-refractivity contribution in [2.45, 2.75) is 19.8 Å². The molecule has 2 aromatic carbocycles. The van der Waals surface area contributed by atoms with Crippen LogP contribution in [0.4, 0.5) is 22.9 Å². The van der Waals surface area contributed by atoms with E-state index in [-0.39, 0.29) is 34.3 Å². The molecule has 0 atom stereocenters. The van der Waals surface area contributed by atoms with Crippen LogP contribution in [0.15, 0.2) is 44.3 Å². The van der Waals surface area contributed by atoms with Crippen molar-refractivity contribution in [2.75, 3.05) is 42.4 Å². The quantitative estimate of drug-likeness (QED) is 0.400. The zero-order valence-electron chi connectivity index (χ0n) is 18.9. The number of carbonyl (C=O) groups excluding carboxylic acids is 1. The maximum Gasteiger partial charge on any atom is 0.257 e. The first kappa shape index (κ1) is 23.0. The number of phenolic OH excluding ortho intramolecular Hbond substituents is 1. The first-order valence-electron chi connectivity index (χ1n) is 10.8. The number of phenols is 1. The highest BCUT2D eigenvalue weighted by Gasteiger charge is 2.31. The fourth-order valence-corrected chi connectivity index (χ4v) is 5.20. The molecule has 8 nitrogen and oxygen atoms in total. The van der Waals surface area contributed by atoms with Gasteiger partial charge in [-0.1, -0.05) is 6.07 Å². The Morgan fingerprint density at radius 2 is 1.88 bits per heavy atom. The van der Waals surface area contributed by atoms with Crippen LogP contribution in [-0.4, -0.2) is 48.1 Å². The van der Waals surface area contributed by atoms with Gasteiger partial charge in [0.2, 0.25) is 0 Å². The van der Waals surface area contributed by atoms with Crippen molar-refractivity contribution in [3.05, 3.63) is 62.1 Å². The zero-order chi connectivity index (χ0) is 23.7. The number of benzene rings is 1. The smallest absolute Gasteiger partial charge is 0.257 e. The topological polar surface area (TPSA) is 103 Å². The Bertz CT molecular complexity index is 1240. The molecule has 0 radical (unpaired) electrons. The van der Waals surface area contributed by atoms with Crippen molar-refractivity contribution in [3.63, 3.8) is 0 Å². The predicted molar refractivity (Wildman–Crippen MR) is 131 cm³/mol. The average Bonchev–Trinajstić information content (AvgIpc) is 3.25. The fourth-order valence-electron chi connectivity index (χ4n) is 3.99. The lowest BCUT2D eigenvalue weighted by atomic mass is 10.0. The highest BCUT2D eigenvalue weighted by Crippen LogP contribution is 2.37. The van der Waals surface area contributed by atoms with Gasteiger partial charge in [0, 0.05) is 26.7 Å². The van der Waals surface area contributed by atoms with Crippen LogP contribution in [0.1, 0.15) is 29.0 Å². The summed E-state index contributed by atoms with van der Waals surface area (Å²) in [5.74, 6) is 3.05. The average molecular weight is 470 g/mol. The summed E-state index contributed by atoms with van der Waals surface area (Å²) in [6, 6.07) is 8.28. The van der Waals surface area contributed by atoms with Crippen molar-refractivity contribution in [2.24, 2.45) is 5.92 Å². The lowest BCUT2D eigenvalue weighted by Gasteiger charge is -2.31. The molecule has 1 aliphatic rings. The molecule has 1 fully saturated rings. The van der Waals surface area contributed by atoms with Gasteiger partial charge in [-0.2, -0.15) is 11.8 Å². The molecule has 1 aromatic heterocycles. The molecule has 1 amide bonds. The molecule has 4 rings (SSSR count). The molecule has 33 heavy (non-hydrogen) atoms. The number of hydrogen-bond donors (Lipinski definition) is 2. The molecular formula is C24H27N3O5S. The molecule has 1 aliphatic heterocycles. The number of anilines is 4. The summed E-state index contributed by atoms with van der Waals surface area (Å²) in [7, 11) is 3.17. The number of thioether (sulfide) groups is 1. The van der Waals surface area contributed by atoms with E-state index in [0.717, 1.165) is 24.3 Å². The Labute approximate surface area is 195 Å². The van der Waals surface area contributed by atoms with Crippen molar-refractivity contribution in [3.8, 4) is 5.75 Å². The molecule has 0 saturated carbocycles. The van der Waals surface area contributed by atoms with Crippen molar-refractivity contribution >= 4 is 40.6 Å². The van der Waals surface area contributed by atoms with E-state index in [1.165, 1.54) is 11.0 Å². The molecule has 2 heterocycles. The van der Waals surface area contributed by atoms with Crippen LogP contribution in [0, 0.1) is 12.8 Å². The van der Waals surface area contributed by atoms with E-state index in [4.69, 9.17) is 4.42 Å². The minimum Gasteiger partial charge on any atom is -0.505 e. The summed E-state index contributed by atoms with van der Waals surface area (Å²) in [5.41, 5.74) is -0.678.